The van der Waals surface area contributed by atoms with Gasteiger partial charge in [-0.05, 0) is 80.1 Å². The average molecular weight is 997 g/mol. The molecule has 0 radical (unpaired) electrons. The molecule has 0 bridgehead atoms. The van der Waals surface area contributed by atoms with E-state index in [-0.39, 0.29) is 37.1 Å². The second kappa shape index (κ2) is 23.8. The summed E-state index contributed by atoms with van der Waals surface area (Å²) in [6.07, 6.45) is 8.67. The minimum Gasteiger partial charge on any atom is -0.492 e. The lowest BCUT2D eigenvalue weighted by molar-refractivity contribution is -0.145. The zero-order chi connectivity index (χ0) is 48.8. The lowest BCUT2D eigenvalue weighted by atomic mass is 9.77. The van der Waals surface area contributed by atoms with Gasteiger partial charge < -0.3 is 38.6 Å². The van der Waals surface area contributed by atoms with Crippen molar-refractivity contribution in [2.24, 2.45) is 0 Å². The monoisotopic (exact) mass is 996 g/mol. The molecule has 1 aromatic heterocycles. The van der Waals surface area contributed by atoms with Gasteiger partial charge in [-0.15, -0.1) is 4.73 Å². The number of methoxy groups -OCH3 is 1. The van der Waals surface area contributed by atoms with Crippen molar-refractivity contribution in [3.63, 3.8) is 0 Å². The quantitative estimate of drug-likeness (QED) is 0.0319. The van der Waals surface area contributed by atoms with Gasteiger partial charge in [0.25, 0.3) is 30.4 Å². The van der Waals surface area contributed by atoms with Gasteiger partial charge in [0, 0.05) is 67.1 Å². The molecule has 0 saturated heterocycles. The van der Waals surface area contributed by atoms with Crippen LogP contribution in [0.1, 0.15) is 63.0 Å². The molecule has 368 valence electrons. The molecule has 0 amide bonds. The number of nitrogens with zero attached hydrogens (tertiary/aromatic N) is 3. The van der Waals surface area contributed by atoms with Crippen LogP contribution in [0.15, 0.2) is 88.0 Å². The van der Waals surface area contributed by atoms with Crippen LogP contribution in [-0.2, 0) is 54.8 Å². The molecule has 3 heterocycles. The number of unbranched alkanes of at least 4 members (excludes halogenated alkanes) is 2. The molecule has 1 aromatic carbocycles. The van der Waals surface area contributed by atoms with Gasteiger partial charge in [0.1, 0.15) is 18.9 Å². The molecule has 1 atom stereocenters. The van der Waals surface area contributed by atoms with Crippen LogP contribution in [0.3, 0.4) is 0 Å². The number of aromatic hydroxyl groups is 2. The number of fused-ring (bicyclic) bond motifs is 2. The Labute approximate surface area is 389 Å². The van der Waals surface area contributed by atoms with Gasteiger partial charge in [-0.1, -0.05) is 18.6 Å². The summed E-state index contributed by atoms with van der Waals surface area (Å²) in [4.78, 5) is 19.1. The van der Waals surface area contributed by atoms with Crippen molar-refractivity contribution in [3.8, 4) is 23.1 Å². The van der Waals surface area contributed by atoms with E-state index < -0.39 is 65.0 Å². The summed E-state index contributed by atoms with van der Waals surface area (Å²) in [5.41, 5.74) is 2.22. The first-order valence-electron chi connectivity index (χ1n) is 21.4. The van der Waals surface area contributed by atoms with E-state index in [1.54, 1.807) is 25.3 Å². The Balaban J connectivity index is 1.44. The highest BCUT2D eigenvalue weighted by atomic mass is 32.2. The Kier molecular flexibility index (Phi) is 18.7. The molecule has 1 aliphatic carbocycles. The highest BCUT2D eigenvalue weighted by molar-refractivity contribution is 7.86. The summed E-state index contributed by atoms with van der Waals surface area (Å²) in [5, 5.41) is 20.3. The second-order valence-corrected chi connectivity index (χ2v) is 20.5. The van der Waals surface area contributed by atoms with Gasteiger partial charge in [0.2, 0.25) is 17.1 Å². The van der Waals surface area contributed by atoms with Crippen molar-refractivity contribution in [2.45, 2.75) is 62.2 Å². The molecule has 23 heteroatoms. The van der Waals surface area contributed by atoms with Gasteiger partial charge in [-0.25, -0.2) is 9.37 Å². The predicted octanol–water partition coefficient (Wildman–Crippen LogP) is 4.13. The Morgan fingerprint density at radius 3 is 2.16 bits per heavy atom. The smallest absolute Gasteiger partial charge is 0.333 e. The topological polar surface area (TPSA) is 282 Å². The Bertz CT molecular complexity index is 2750. The number of benzene rings is 2. The molecule has 2 aliphatic heterocycles. The summed E-state index contributed by atoms with van der Waals surface area (Å²) in [7, 11) is -11.6. The van der Waals surface area contributed by atoms with E-state index in [1.807, 2.05) is 46.8 Å². The van der Waals surface area contributed by atoms with Crippen LogP contribution in [0.2, 0.25) is 0 Å². The maximum atomic E-state index is 12.5. The van der Waals surface area contributed by atoms with Crippen molar-refractivity contribution in [1.82, 2.24) is 9.31 Å². The van der Waals surface area contributed by atoms with Crippen LogP contribution < -0.4 is 19.7 Å². The number of ether oxygens (including phenoxy) is 3. The maximum absolute atomic E-state index is 12.5. The van der Waals surface area contributed by atoms with E-state index in [9.17, 15) is 53.9 Å². The number of hydrogen-bond donors (Lipinski definition) is 5. The summed E-state index contributed by atoms with van der Waals surface area (Å²) in [6, 6.07) is 13.8. The standard InChI is InChI=1S/C44H57N3O17S3/c1-44(19-7-29-65(51,52)53)37-32-35(67(57,58)59)13-15-38(37)46(21-5-3-4-11-43(50)64-47-41(48)16-17-42(47)49)40(44)10-6-9-33-18-23-63-39-31-34(12-14-36(33)39)45(20-8-30-66(54,55)56)22-24-61-27-28-62-26-25-60-2/h6,9-10,12-18,23,31-32H,3-5,7-8,11,19-22,24-30H2,1-2H3,(H4-,48,49,51,52,53,54,55,56,57,58,59)/p+1. The zero-order valence-corrected chi connectivity index (χ0v) is 39.7. The second-order valence-electron chi connectivity index (χ2n) is 16.0. The molecule has 3 aliphatic rings. The average Bonchev–Trinajstić information content (AvgIpc) is 3.69. The molecular weight excluding hydrogens is 939 g/mol. The lowest BCUT2D eigenvalue weighted by Gasteiger charge is -2.30. The largest absolute Gasteiger partial charge is 0.492 e. The van der Waals surface area contributed by atoms with E-state index in [0.717, 1.165) is 16.5 Å². The molecule has 0 saturated carbocycles. The van der Waals surface area contributed by atoms with Gasteiger partial charge >= 0.3 is 5.97 Å². The summed E-state index contributed by atoms with van der Waals surface area (Å²) >= 11 is 0. The SMILES string of the molecule is COCCOCCOCC[N+](CCCS(=O)(=O)O)=c1ccc2c(C=CC=C3N(CCCCCC(=O)On4c(O)ccc4O)c4ccc(S(=O)(=O)O)cc4C3(C)CCCS(=O)(=O)O)ccoc-2c1. The van der Waals surface area contributed by atoms with Crippen molar-refractivity contribution < 1.29 is 77.4 Å². The fourth-order valence-corrected chi connectivity index (χ4v) is 9.32. The number of aromatic nitrogens is 1. The maximum Gasteiger partial charge on any atom is 0.333 e. The molecule has 2 aromatic rings. The highest BCUT2D eigenvalue weighted by Crippen LogP contribution is 2.51. The molecular formula is C44H58N3O17S3+. The number of allylic oxidation sites excluding steroid dienone is 3. The van der Waals surface area contributed by atoms with Crippen LogP contribution in [0.5, 0.6) is 11.8 Å². The van der Waals surface area contributed by atoms with Crippen molar-refractivity contribution in [3.05, 3.63) is 95.2 Å². The van der Waals surface area contributed by atoms with E-state index in [0.29, 0.717) is 92.8 Å². The third-order valence-electron chi connectivity index (χ3n) is 11.1. The van der Waals surface area contributed by atoms with Crippen LogP contribution >= 0.6 is 0 Å². The molecule has 5 rings (SSSR count). The first kappa shape index (κ1) is 52.9. The molecule has 5 N–H and O–H groups in total. The normalized spacial score (nSPS) is 16.6. The summed E-state index contributed by atoms with van der Waals surface area (Å²) < 4.78 is 125. The molecule has 20 nitrogen and oxygen atoms in total. The minimum atomic E-state index is -4.64. The van der Waals surface area contributed by atoms with Crippen molar-refractivity contribution >= 4 is 48.1 Å². The third kappa shape index (κ3) is 15.5. The fraction of sp³-hybridized carbons (Fsp3) is 0.455. The van der Waals surface area contributed by atoms with Crippen LogP contribution in [0, 0.1) is 0 Å². The van der Waals surface area contributed by atoms with Gasteiger partial charge in [0.05, 0.1) is 55.2 Å². The van der Waals surface area contributed by atoms with Crippen LogP contribution in [0.25, 0.3) is 17.4 Å². The number of anilines is 1. The number of carbonyl (C=O) groups is 1. The molecule has 1 unspecified atom stereocenters. The zero-order valence-electron chi connectivity index (χ0n) is 37.2. The van der Waals surface area contributed by atoms with Crippen LogP contribution in [0.4, 0.5) is 5.69 Å². The van der Waals surface area contributed by atoms with Gasteiger partial charge in [0.15, 0.2) is 6.54 Å². The summed E-state index contributed by atoms with van der Waals surface area (Å²) in [5.74, 6) is -2.04. The van der Waals surface area contributed by atoms with E-state index in [4.69, 9.17) is 23.5 Å². The number of carbonyl (C=O) groups excluding carboxylic acids is 1. The molecule has 67 heavy (non-hydrogen) atoms. The van der Waals surface area contributed by atoms with E-state index in [1.165, 1.54) is 30.5 Å². The number of rotatable bonds is 27. The van der Waals surface area contributed by atoms with E-state index >= 15 is 0 Å². The Hall–Kier alpha value is -5.11. The number of hydrogen-bond acceptors (Lipinski definition) is 15. The van der Waals surface area contributed by atoms with Gasteiger partial charge in [-0.3, -0.25) is 13.7 Å². The summed E-state index contributed by atoms with van der Waals surface area (Å²) in [6.45, 7) is 4.80. The third-order valence-corrected chi connectivity index (χ3v) is 13.6. The molecule has 0 spiro atoms. The Morgan fingerprint density at radius 2 is 1.48 bits per heavy atom. The van der Waals surface area contributed by atoms with Crippen molar-refractivity contribution in [1.29, 1.82) is 0 Å². The lowest BCUT2D eigenvalue weighted by Crippen LogP contribution is -2.35. The van der Waals surface area contributed by atoms with Crippen molar-refractivity contribution in [2.75, 3.05) is 76.2 Å². The first-order valence-corrected chi connectivity index (χ1v) is 26.1. The predicted molar refractivity (Wildman–Crippen MR) is 246 cm³/mol. The van der Waals surface area contributed by atoms with E-state index in [2.05, 4.69) is 0 Å². The van der Waals surface area contributed by atoms with Gasteiger partial charge in [-0.2, -0.15) is 25.3 Å². The molecule has 0 fully saturated rings. The highest BCUT2D eigenvalue weighted by Gasteiger charge is 2.43. The van der Waals surface area contributed by atoms with Crippen LogP contribution in [-0.4, -0.2) is 131 Å². The first-order chi connectivity index (χ1) is 31.7. The Morgan fingerprint density at radius 1 is 0.791 bits per heavy atom. The minimum absolute atomic E-state index is 0.00377. The fourth-order valence-electron chi connectivity index (χ4n) is 7.81.